The van der Waals surface area contributed by atoms with Crippen molar-refractivity contribution in [2.75, 3.05) is 12.3 Å². The maximum Gasteiger partial charge on any atom is 0.411 e. The number of carboxylic acid groups (broad SMARTS) is 1. The van der Waals surface area contributed by atoms with Crippen LogP contribution in [-0.4, -0.2) is 47.1 Å². The number of nitrogen functional groups attached to an aromatic ring is 1. The van der Waals surface area contributed by atoms with E-state index in [0.29, 0.717) is 41.1 Å². The summed E-state index contributed by atoms with van der Waals surface area (Å²) in [5, 5.41) is 9.38. The van der Waals surface area contributed by atoms with Gasteiger partial charge in [0.15, 0.2) is 17.4 Å². The van der Waals surface area contributed by atoms with Gasteiger partial charge in [-0.15, -0.1) is 0 Å². The SMILES string of the molecule is Cc1ccnc(Oc2ccc(-n3c(C4=CN(C(=O)O)CC4)c(C)c4ncnc(N)c43)cc2F)n1. The second-order valence-corrected chi connectivity index (χ2v) is 7.84. The van der Waals surface area contributed by atoms with Crippen LogP contribution in [0.5, 0.6) is 11.8 Å². The second-order valence-electron chi connectivity index (χ2n) is 7.84. The molecule has 4 aromatic rings. The van der Waals surface area contributed by atoms with Gasteiger partial charge in [0.05, 0.1) is 11.2 Å². The molecule has 1 aliphatic heterocycles. The van der Waals surface area contributed by atoms with Gasteiger partial charge >= 0.3 is 12.1 Å². The molecule has 0 saturated heterocycles. The minimum atomic E-state index is -1.04. The van der Waals surface area contributed by atoms with E-state index in [0.717, 1.165) is 11.1 Å². The van der Waals surface area contributed by atoms with Gasteiger partial charge in [-0.3, -0.25) is 4.90 Å². The summed E-state index contributed by atoms with van der Waals surface area (Å²) in [5.74, 6) is -0.441. The van der Waals surface area contributed by atoms with Gasteiger partial charge in [0, 0.05) is 42.0 Å². The van der Waals surface area contributed by atoms with Gasteiger partial charge in [0.25, 0.3) is 0 Å². The molecule has 0 saturated carbocycles. The third-order valence-electron chi connectivity index (χ3n) is 5.64. The van der Waals surface area contributed by atoms with Crippen LogP contribution in [0.4, 0.5) is 15.0 Å². The number of ether oxygens (including phenoxy) is 1. The van der Waals surface area contributed by atoms with Gasteiger partial charge in [0.2, 0.25) is 0 Å². The lowest BCUT2D eigenvalue weighted by Gasteiger charge is -2.14. The smallest absolute Gasteiger partial charge is 0.411 e. The maximum atomic E-state index is 15.1. The molecule has 4 heterocycles. The lowest BCUT2D eigenvalue weighted by Crippen LogP contribution is -2.20. The number of carbonyl (C=O) groups is 1. The summed E-state index contributed by atoms with van der Waals surface area (Å²) in [6.45, 7) is 3.98. The standard InChI is InChI=1S/C23H20FN7O3/c1-12-5-7-26-22(29-12)34-17-4-3-15(9-16(17)24)31-19(14-6-8-30(10-14)23(32)33)13(2)18-20(31)21(25)28-11-27-18/h3-5,7,9-11H,6,8H2,1-2H3,(H,32,33)(H2,25,27,28). The number of hydrogen-bond acceptors (Lipinski definition) is 7. The predicted molar refractivity (Wildman–Crippen MR) is 122 cm³/mol. The first-order valence-corrected chi connectivity index (χ1v) is 10.4. The Kier molecular flexibility index (Phi) is 5.08. The number of fused-ring (bicyclic) bond motifs is 1. The van der Waals surface area contributed by atoms with Crippen LogP contribution >= 0.6 is 0 Å². The van der Waals surface area contributed by atoms with Gasteiger partial charge in [-0.2, -0.15) is 0 Å². The minimum absolute atomic E-state index is 0.0366. The molecule has 10 nitrogen and oxygen atoms in total. The first-order valence-electron chi connectivity index (χ1n) is 10.4. The molecule has 1 amide bonds. The molecule has 0 spiro atoms. The zero-order valence-electron chi connectivity index (χ0n) is 18.4. The third kappa shape index (κ3) is 3.56. The van der Waals surface area contributed by atoms with Crippen LogP contribution in [0.2, 0.25) is 0 Å². The second kappa shape index (κ2) is 8.10. The summed E-state index contributed by atoms with van der Waals surface area (Å²) in [4.78, 5) is 29.3. The van der Waals surface area contributed by atoms with E-state index in [-0.39, 0.29) is 17.6 Å². The van der Waals surface area contributed by atoms with Crippen molar-refractivity contribution in [2.24, 2.45) is 0 Å². The molecule has 172 valence electrons. The van der Waals surface area contributed by atoms with Crippen LogP contribution in [0.15, 0.2) is 43.0 Å². The van der Waals surface area contributed by atoms with E-state index in [1.807, 2.05) is 6.92 Å². The molecule has 1 aliphatic rings. The van der Waals surface area contributed by atoms with Crippen molar-refractivity contribution in [1.82, 2.24) is 29.4 Å². The Morgan fingerprint density at radius 1 is 1.21 bits per heavy atom. The monoisotopic (exact) mass is 461 g/mol. The van der Waals surface area contributed by atoms with Crippen LogP contribution in [-0.2, 0) is 0 Å². The molecule has 0 atom stereocenters. The zero-order valence-corrected chi connectivity index (χ0v) is 18.4. The van der Waals surface area contributed by atoms with E-state index in [1.54, 1.807) is 29.8 Å². The number of anilines is 1. The Hall–Kier alpha value is -4.54. The molecule has 0 unspecified atom stereocenters. The molecule has 3 N–H and O–H groups in total. The Balaban J connectivity index is 1.66. The number of halogens is 1. The van der Waals surface area contributed by atoms with Crippen LogP contribution in [0.1, 0.15) is 23.4 Å². The zero-order chi connectivity index (χ0) is 24.0. The quantitative estimate of drug-likeness (QED) is 0.465. The Morgan fingerprint density at radius 2 is 2.03 bits per heavy atom. The molecule has 34 heavy (non-hydrogen) atoms. The van der Waals surface area contributed by atoms with E-state index in [2.05, 4.69) is 19.9 Å². The molecule has 1 aromatic carbocycles. The molecule has 0 aliphatic carbocycles. The largest absolute Gasteiger partial charge is 0.465 e. The topological polar surface area (TPSA) is 132 Å². The number of aryl methyl sites for hydroxylation is 2. The minimum Gasteiger partial charge on any atom is -0.465 e. The molecule has 11 heteroatoms. The number of nitrogens with two attached hydrogens (primary N) is 1. The van der Waals surface area contributed by atoms with Crippen molar-refractivity contribution in [1.29, 1.82) is 0 Å². The number of hydrogen-bond donors (Lipinski definition) is 2. The van der Waals surface area contributed by atoms with Crippen molar-refractivity contribution < 1.29 is 19.0 Å². The average Bonchev–Trinajstić information content (AvgIpc) is 3.39. The van der Waals surface area contributed by atoms with Gasteiger partial charge in [-0.05, 0) is 44.0 Å². The van der Waals surface area contributed by atoms with E-state index >= 15 is 4.39 Å². The van der Waals surface area contributed by atoms with Crippen molar-refractivity contribution in [3.63, 3.8) is 0 Å². The highest BCUT2D eigenvalue weighted by molar-refractivity contribution is 5.95. The lowest BCUT2D eigenvalue weighted by atomic mass is 10.1. The normalized spacial score (nSPS) is 13.4. The Morgan fingerprint density at radius 3 is 2.74 bits per heavy atom. The Bertz CT molecular complexity index is 1480. The summed E-state index contributed by atoms with van der Waals surface area (Å²) in [6.07, 6.45) is 3.92. The molecule has 3 aromatic heterocycles. The highest BCUT2D eigenvalue weighted by Crippen LogP contribution is 2.38. The fourth-order valence-electron chi connectivity index (χ4n) is 4.10. The van der Waals surface area contributed by atoms with Crippen molar-refractivity contribution >= 4 is 28.5 Å². The van der Waals surface area contributed by atoms with Crippen molar-refractivity contribution in [3.8, 4) is 17.4 Å². The summed E-state index contributed by atoms with van der Waals surface area (Å²) in [6, 6.07) is 6.21. The number of nitrogens with zero attached hydrogens (tertiary/aromatic N) is 6. The molecule has 0 bridgehead atoms. The first-order chi connectivity index (χ1) is 16.3. The molecular weight excluding hydrogens is 441 g/mol. The van der Waals surface area contributed by atoms with E-state index in [1.165, 1.54) is 29.6 Å². The van der Waals surface area contributed by atoms with Gasteiger partial charge in [-0.25, -0.2) is 29.1 Å². The van der Waals surface area contributed by atoms with Crippen molar-refractivity contribution in [2.45, 2.75) is 20.3 Å². The predicted octanol–water partition coefficient (Wildman–Crippen LogP) is 4.07. The van der Waals surface area contributed by atoms with Crippen LogP contribution in [0, 0.1) is 19.7 Å². The van der Waals surface area contributed by atoms with Crippen LogP contribution in [0.3, 0.4) is 0 Å². The fourth-order valence-corrected chi connectivity index (χ4v) is 4.10. The summed E-state index contributed by atoms with van der Waals surface area (Å²) in [5.41, 5.74) is 10.7. The summed E-state index contributed by atoms with van der Waals surface area (Å²) >= 11 is 0. The average molecular weight is 461 g/mol. The third-order valence-corrected chi connectivity index (χ3v) is 5.64. The van der Waals surface area contributed by atoms with Crippen LogP contribution < -0.4 is 10.5 Å². The van der Waals surface area contributed by atoms with E-state index in [9.17, 15) is 9.90 Å². The van der Waals surface area contributed by atoms with E-state index < -0.39 is 11.9 Å². The summed E-state index contributed by atoms with van der Waals surface area (Å²) in [7, 11) is 0. The lowest BCUT2D eigenvalue weighted by molar-refractivity contribution is 0.166. The van der Waals surface area contributed by atoms with Gasteiger partial charge < -0.3 is 20.1 Å². The molecular formula is C23H20FN7O3. The first kappa shape index (κ1) is 21.3. The number of amides is 1. The molecule has 0 radical (unpaired) electrons. The highest BCUT2D eigenvalue weighted by Gasteiger charge is 2.27. The molecule has 5 rings (SSSR count). The fraction of sp³-hybridized carbons (Fsp3) is 0.174. The highest BCUT2D eigenvalue weighted by atomic mass is 19.1. The maximum absolute atomic E-state index is 15.1. The van der Waals surface area contributed by atoms with Crippen LogP contribution in [0.25, 0.3) is 22.3 Å². The summed E-state index contributed by atoms with van der Waals surface area (Å²) < 4.78 is 22.4. The van der Waals surface area contributed by atoms with Gasteiger partial charge in [-0.1, -0.05) is 0 Å². The van der Waals surface area contributed by atoms with Gasteiger partial charge in [0.1, 0.15) is 11.8 Å². The number of aromatic nitrogens is 5. The number of rotatable bonds is 4. The van der Waals surface area contributed by atoms with Crippen molar-refractivity contribution in [3.05, 3.63) is 65.8 Å². The van der Waals surface area contributed by atoms with E-state index in [4.69, 9.17) is 10.5 Å². The molecule has 0 fully saturated rings. The Labute approximate surface area is 193 Å². The number of benzene rings is 1.